The van der Waals surface area contributed by atoms with Gasteiger partial charge in [0, 0.05) is 0 Å². The molecular formula is C13H9BrCl2N2O4. The van der Waals surface area contributed by atoms with E-state index >= 15 is 0 Å². The minimum atomic E-state index is -0.757. The SMILES string of the molecule is Cc1nc(NC(=O)COC(=O)c2ccc(Br)o2)c(Cl)cc1Cl. The second-order valence-electron chi connectivity index (χ2n) is 4.11. The summed E-state index contributed by atoms with van der Waals surface area (Å²) in [6.45, 7) is 1.17. The Morgan fingerprint density at radius 1 is 1.36 bits per heavy atom. The first-order chi connectivity index (χ1) is 10.4. The van der Waals surface area contributed by atoms with E-state index in [9.17, 15) is 9.59 Å². The van der Waals surface area contributed by atoms with Crippen LogP contribution in [0.3, 0.4) is 0 Å². The van der Waals surface area contributed by atoms with Crippen LogP contribution >= 0.6 is 39.1 Å². The summed E-state index contributed by atoms with van der Waals surface area (Å²) < 4.78 is 10.2. The van der Waals surface area contributed by atoms with Crippen LogP contribution in [-0.4, -0.2) is 23.5 Å². The van der Waals surface area contributed by atoms with Crippen LogP contribution in [0, 0.1) is 6.92 Å². The van der Waals surface area contributed by atoms with Crippen LogP contribution in [0.2, 0.25) is 10.0 Å². The van der Waals surface area contributed by atoms with E-state index in [4.69, 9.17) is 32.4 Å². The molecule has 0 spiro atoms. The molecule has 2 aromatic heterocycles. The van der Waals surface area contributed by atoms with Crippen LogP contribution in [0.15, 0.2) is 27.3 Å². The van der Waals surface area contributed by atoms with Gasteiger partial charge in [-0.3, -0.25) is 4.79 Å². The number of anilines is 1. The van der Waals surface area contributed by atoms with Crippen molar-refractivity contribution in [2.24, 2.45) is 0 Å². The summed E-state index contributed by atoms with van der Waals surface area (Å²) in [7, 11) is 0. The molecule has 6 nitrogen and oxygen atoms in total. The summed E-state index contributed by atoms with van der Waals surface area (Å²) in [5.74, 6) is -1.22. The standard InChI is InChI=1S/C13H9BrCl2N2O4/c1-6-7(15)4-8(16)12(17-6)18-11(19)5-21-13(20)9-2-3-10(14)22-9/h2-4H,5H2,1H3,(H,17,18,19). The Bertz CT molecular complexity index is 733. The van der Waals surface area contributed by atoms with E-state index < -0.39 is 18.5 Å². The first kappa shape index (κ1) is 16.8. The molecule has 0 bridgehead atoms. The number of nitrogens with zero attached hydrogens (tertiary/aromatic N) is 1. The number of pyridine rings is 1. The molecule has 0 saturated heterocycles. The predicted octanol–water partition coefficient (Wildman–Crippen LogP) is 3.85. The van der Waals surface area contributed by atoms with Gasteiger partial charge in [-0.05, 0) is 41.1 Å². The summed E-state index contributed by atoms with van der Waals surface area (Å²) >= 11 is 14.8. The van der Waals surface area contributed by atoms with Crippen molar-refractivity contribution in [1.29, 1.82) is 0 Å². The number of halogens is 3. The number of rotatable bonds is 4. The molecule has 0 fully saturated rings. The molecule has 0 aliphatic rings. The van der Waals surface area contributed by atoms with Crippen molar-refractivity contribution in [3.63, 3.8) is 0 Å². The molecule has 22 heavy (non-hydrogen) atoms. The van der Waals surface area contributed by atoms with E-state index in [1.54, 1.807) is 6.92 Å². The Balaban J connectivity index is 1.93. The van der Waals surface area contributed by atoms with Crippen LogP contribution < -0.4 is 5.32 Å². The van der Waals surface area contributed by atoms with Gasteiger partial charge in [-0.2, -0.15) is 0 Å². The van der Waals surface area contributed by atoms with Gasteiger partial charge in [-0.15, -0.1) is 0 Å². The van der Waals surface area contributed by atoms with Crippen LogP contribution in [0.25, 0.3) is 0 Å². The number of hydrogen-bond acceptors (Lipinski definition) is 5. The van der Waals surface area contributed by atoms with Crippen molar-refractivity contribution in [2.45, 2.75) is 6.92 Å². The number of esters is 1. The quantitative estimate of drug-likeness (QED) is 0.778. The van der Waals surface area contributed by atoms with Gasteiger partial charge in [0.2, 0.25) is 5.76 Å². The number of ether oxygens (including phenoxy) is 1. The second-order valence-corrected chi connectivity index (χ2v) is 5.71. The lowest BCUT2D eigenvalue weighted by molar-refractivity contribution is -0.119. The van der Waals surface area contributed by atoms with E-state index in [2.05, 4.69) is 26.2 Å². The highest BCUT2D eigenvalue weighted by Crippen LogP contribution is 2.25. The fourth-order valence-corrected chi connectivity index (χ4v) is 2.15. The van der Waals surface area contributed by atoms with Crippen molar-refractivity contribution in [2.75, 3.05) is 11.9 Å². The van der Waals surface area contributed by atoms with Crippen LogP contribution in [0.4, 0.5) is 5.82 Å². The number of aryl methyl sites for hydroxylation is 1. The third kappa shape index (κ3) is 4.22. The number of aromatic nitrogens is 1. The maximum absolute atomic E-state index is 11.7. The van der Waals surface area contributed by atoms with Crippen molar-refractivity contribution in [3.8, 4) is 0 Å². The molecule has 0 atom stereocenters. The fraction of sp³-hybridized carbons (Fsp3) is 0.154. The van der Waals surface area contributed by atoms with Crippen LogP contribution in [0.1, 0.15) is 16.2 Å². The van der Waals surface area contributed by atoms with Gasteiger partial charge in [0.15, 0.2) is 17.1 Å². The zero-order chi connectivity index (χ0) is 16.3. The number of hydrogen-bond donors (Lipinski definition) is 1. The molecule has 2 rings (SSSR count). The molecule has 0 aliphatic heterocycles. The monoisotopic (exact) mass is 406 g/mol. The molecule has 0 aliphatic carbocycles. The molecule has 116 valence electrons. The maximum atomic E-state index is 11.7. The number of carbonyl (C=O) groups excluding carboxylic acids is 2. The van der Waals surface area contributed by atoms with E-state index in [0.717, 1.165) is 0 Å². The van der Waals surface area contributed by atoms with Gasteiger partial charge in [-0.1, -0.05) is 23.2 Å². The van der Waals surface area contributed by atoms with Crippen molar-refractivity contribution in [1.82, 2.24) is 4.98 Å². The van der Waals surface area contributed by atoms with Gasteiger partial charge in [0.25, 0.3) is 5.91 Å². The Kier molecular flexibility index (Phi) is 5.44. The average molecular weight is 408 g/mol. The molecule has 0 radical (unpaired) electrons. The topological polar surface area (TPSA) is 81.4 Å². The van der Waals surface area contributed by atoms with E-state index in [0.29, 0.717) is 15.4 Å². The molecule has 1 N–H and O–H groups in total. The number of nitrogens with one attached hydrogen (secondary N) is 1. The second kappa shape index (κ2) is 7.13. The average Bonchev–Trinajstić information content (AvgIpc) is 2.89. The van der Waals surface area contributed by atoms with Crippen LogP contribution in [-0.2, 0) is 9.53 Å². The first-order valence-electron chi connectivity index (χ1n) is 5.92. The predicted molar refractivity (Wildman–Crippen MR) is 84.3 cm³/mol. The zero-order valence-corrected chi connectivity index (χ0v) is 14.3. The highest BCUT2D eigenvalue weighted by Gasteiger charge is 2.15. The first-order valence-corrected chi connectivity index (χ1v) is 7.46. The van der Waals surface area contributed by atoms with Crippen LogP contribution in [0.5, 0.6) is 0 Å². The maximum Gasteiger partial charge on any atom is 0.374 e. The molecule has 2 heterocycles. The number of furan rings is 1. The highest BCUT2D eigenvalue weighted by molar-refractivity contribution is 9.10. The molecule has 1 amide bonds. The van der Waals surface area contributed by atoms with Crippen molar-refractivity contribution in [3.05, 3.63) is 44.4 Å². The molecular weight excluding hydrogens is 399 g/mol. The minimum absolute atomic E-state index is 0.0156. The molecule has 0 saturated carbocycles. The molecule has 9 heteroatoms. The summed E-state index contributed by atoms with van der Waals surface area (Å²) in [5, 5.41) is 3.00. The van der Waals surface area contributed by atoms with Crippen molar-refractivity contribution >= 4 is 56.8 Å². The van der Waals surface area contributed by atoms with Gasteiger partial charge in [0.05, 0.1) is 15.7 Å². The normalized spacial score (nSPS) is 10.4. The summed E-state index contributed by atoms with van der Waals surface area (Å²) in [4.78, 5) is 27.4. The van der Waals surface area contributed by atoms with E-state index in [1.807, 2.05) is 0 Å². The lowest BCUT2D eigenvalue weighted by Gasteiger charge is -2.08. The third-order valence-electron chi connectivity index (χ3n) is 2.47. The lowest BCUT2D eigenvalue weighted by atomic mass is 10.3. The summed E-state index contributed by atoms with van der Waals surface area (Å²) in [6, 6.07) is 4.43. The third-order valence-corrected chi connectivity index (χ3v) is 3.57. The van der Waals surface area contributed by atoms with E-state index in [-0.39, 0.29) is 16.6 Å². The Morgan fingerprint density at radius 3 is 2.73 bits per heavy atom. The minimum Gasteiger partial charge on any atom is -0.450 e. The van der Waals surface area contributed by atoms with Gasteiger partial charge >= 0.3 is 5.97 Å². The smallest absolute Gasteiger partial charge is 0.374 e. The Labute approximate surface area is 143 Å². The summed E-state index contributed by atoms with van der Waals surface area (Å²) in [6.07, 6.45) is 0. The lowest BCUT2D eigenvalue weighted by Crippen LogP contribution is -2.21. The Hall–Kier alpha value is -1.57. The zero-order valence-electron chi connectivity index (χ0n) is 11.2. The molecule has 2 aromatic rings. The molecule has 0 unspecified atom stereocenters. The molecule has 0 aromatic carbocycles. The Morgan fingerprint density at radius 2 is 2.09 bits per heavy atom. The van der Waals surface area contributed by atoms with Gasteiger partial charge < -0.3 is 14.5 Å². The van der Waals surface area contributed by atoms with Gasteiger partial charge in [0.1, 0.15) is 0 Å². The van der Waals surface area contributed by atoms with Gasteiger partial charge in [-0.25, -0.2) is 9.78 Å². The number of carbonyl (C=O) groups is 2. The van der Waals surface area contributed by atoms with Crippen molar-refractivity contribution < 1.29 is 18.7 Å². The highest BCUT2D eigenvalue weighted by atomic mass is 79.9. The fourth-order valence-electron chi connectivity index (χ4n) is 1.44. The number of amides is 1. The summed E-state index contributed by atoms with van der Waals surface area (Å²) in [5.41, 5.74) is 0.513. The van der Waals surface area contributed by atoms with E-state index in [1.165, 1.54) is 18.2 Å². The largest absolute Gasteiger partial charge is 0.450 e.